The van der Waals surface area contributed by atoms with Gasteiger partial charge in [-0.15, -0.1) is 11.3 Å². The van der Waals surface area contributed by atoms with E-state index in [1.54, 1.807) is 0 Å². The van der Waals surface area contributed by atoms with E-state index in [0.29, 0.717) is 19.8 Å². The third kappa shape index (κ3) is 2.31. The summed E-state index contributed by atoms with van der Waals surface area (Å²) in [6.07, 6.45) is 0. The van der Waals surface area contributed by atoms with Crippen molar-refractivity contribution in [2.24, 2.45) is 0 Å². The zero-order chi connectivity index (χ0) is 11.8. The van der Waals surface area contributed by atoms with Crippen LogP contribution in [0.3, 0.4) is 0 Å². The van der Waals surface area contributed by atoms with Crippen LogP contribution in [0.1, 0.15) is 24.2 Å². The maximum absolute atomic E-state index is 12.3. The third-order valence-corrected chi connectivity index (χ3v) is 4.21. The molecular formula is C11H14BrNO2S. The Morgan fingerprint density at radius 3 is 2.94 bits per heavy atom. The smallest absolute Gasteiger partial charge is 0.255 e. The predicted octanol–water partition coefficient (Wildman–Crippen LogP) is 2.76. The Kier molecular flexibility index (Phi) is 3.37. The summed E-state index contributed by atoms with van der Waals surface area (Å²) in [5.74, 6) is 0.0928. The van der Waals surface area contributed by atoms with E-state index < -0.39 is 0 Å². The number of morpholine rings is 1. The lowest BCUT2D eigenvalue weighted by Crippen LogP contribution is -2.55. The van der Waals surface area contributed by atoms with Crippen LogP contribution in [-0.2, 0) is 4.74 Å². The quantitative estimate of drug-likeness (QED) is 0.798. The van der Waals surface area contributed by atoms with Crippen molar-refractivity contribution in [1.29, 1.82) is 0 Å². The average molecular weight is 304 g/mol. The van der Waals surface area contributed by atoms with E-state index in [-0.39, 0.29) is 11.4 Å². The molecule has 0 saturated carbocycles. The molecule has 0 bridgehead atoms. The summed E-state index contributed by atoms with van der Waals surface area (Å²) in [7, 11) is 0. The number of rotatable bonds is 1. The lowest BCUT2D eigenvalue weighted by atomic mass is 10.0. The molecule has 88 valence electrons. The molecular weight excluding hydrogens is 290 g/mol. The summed E-state index contributed by atoms with van der Waals surface area (Å²) in [4.78, 5) is 14.2. The molecule has 0 N–H and O–H groups in total. The van der Waals surface area contributed by atoms with Gasteiger partial charge in [-0.1, -0.05) is 0 Å². The van der Waals surface area contributed by atoms with Crippen LogP contribution < -0.4 is 0 Å². The molecule has 1 aliphatic heterocycles. The maximum Gasteiger partial charge on any atom is 0.255 e. The standard InChI is InChI=1S/C11H14BrNO2S/c1-11(2)7-15-4-3-13(11)10(14)8-5-9(12)16-6-8/h5-6H,3-4,7H2,1-2H3. The first-order valence-electron chi connectivity index (χ1n) is 5.14. The molecule has 2 heterocycles. The molecule has 0 unspecified atom stereocenters. The van der Waals surface area contributed by atoms with Crippen LogP contribution in [0.5, 0.6) is 0 Å². The molecule has 1 amide bonds. The molecule has 5 heteroatoms. The Morgan fingerprint density at radius 1 is 1.62 bits per heavy atom. The monoisotopic (exact) mass is 303 g/mol. The van der Waals surface area contributed by atoms with Crippen LogP contribution in [0.2, 0.25) is 0 Å². The zero-order valence-corrected chi connectivity index (χ0v) is 11.7. The molecule has 1 aromatic heterocycles. The minimum Gasteiger partial charge on any atom is -0.377 e. The molecule has 2 rings (SSSR count). The van der Waals surface area contributed by atoms with Crippen LogP contribution in [0.25, 0.3) is 0 Å². The number of hydrogen-bond donors (Lipinski definition) is 0. The van der Waals surface area contributed by atoms with Gasteiger partial charge in [0.15, 0.2) is 0 Å². The topological polar surface area (TPSA) is 29.5 Å². The zero-order valence-electron chi connectivity index (χ0n) is 9.33. The molecule has 0 spiro atoms. The van der Waals surface area contributed by atoms with Gasteiger partial charge in [-0.3, -0.25) is 4.79 Å². The van der Waals surface area contributed by atoms with E-state index in [1.807, 2.05) is 30.2 Å². The third-order valence-electron chi connectivity index (χ3n) is 2.70. The van der Waals surface area contributed by atoms with Crippen LogP contribution in [0.15, 0.2) is 15.2 Å². The number of carbonyl (C=O) groups is 1. The second kappa shape index (κ2) is 4.47. The Balaban J connectivity index is 2.20. The highest BCUT2D eigenvalue weighted by atomic mass is 79.9. The highest BCUT2D eigenvalue weighted by Crippen LogP contribution is 2.26. The second-order valence-electron chi connectivity index (χ2n) is 4.46. The van der Waals surface area contributed by atoms with Crippen LogP contribution >= 0.6 is 27.3 Å². The summed E-state index contributed by atoms with van der Waals surface area (Å²) >= 11 is 4.91. The number of amides is 1. The van der Waals surface area contributed by atoms with Crippen LogP contribution in [0.4, 0.5) is 0 Å². The average Bonchev–Trinajstić information content (AvgIpc) is 2.63. The molecule has 0 aromatic carbocycles. The van der Waals surface area contributed by atoms with E-state index in [4.69, 9.17) is 4.74 Å². The van der Waals surface area contributed by atoms with Crippen molar-refractivity contribution in [3.8, 4) is 0 Å². The number of ether oxygens (including phenoxy) is 1. The normalized spacial score (nSPS) is 19.8. The van der Waals surface area contributed by atoms with E-state index in [1.165, 1.54) is 11.3 Å². The first-order chi connectivity index (χ1) is 7.50. The number of hydrogen-bond acceptors (Lipinski definition) is 3. The van der Waals surface area contributed by atoms with Gasteiger partial charge in [0.25, 0.3) is 5.91 Å². The summed E-state index contributed by atoms with van der Waals surface area (Å²) in [6.45, 7) is 5.96. The fourth-order valence-electron chi connectivity index (χ4n) is 1.81. The molecule has 1 fully saturated rings. The van der Waals surface area contributed by atoms with Gasteiger partial charge >= 0.3 is 0 Å². The molecule has 1 saturated heterocycles. The van der Waals surface area contributed by atoms with Gasteiger partial charge in [0.1, 0.15) is 0 Å². The summed E-state index contributed by atoms with van der Waals surface area (Å²) in [5, 5.41) is 1.89. The van der Waals surface area contributed by atoms with Gasteiger partial charge in [-0.2, -0.15) is 0 Å². The summed E-state index contributed by atoms with van der Waals surface area (Å²) < 4.78 is 6.39. The highest BCUT2D eigenvalue weighted by molar-refractivity contribution is 9.11. The Hall–Kier alpha value is -0.390. The van der Waals surface area contributed by atoms with Crippen molar-refractivity contribution in [1.82, 2.24) is 4.90 Å². The SMILES string of the molecule is CC1(C)COCCN1C(=O)c1csc(Br)c1. The number of halogens is 1. The van der Waals surface area contributed by atoms with Crippen LogP contribution in [-0.4, -0.2) is 36.1 Å². The molecule has 1 aromatic rings. The number of thiophene rings is 1. The first kappa shape index (κ1) is 12.1. The first-order valence-corrected chi connectivity index (χ1v) is 6.82. The van der Waals surface area contributed by atoms with E-state index in [0.717, 1.165) is 9.35 Å². The molecule has 0 atom stereocenters. The highest BCUT2D eigenvalue weighted by Gasteiger charge is 2.34. The van der Waals surface area contributed by atoms with Crippen LogP contribution in [0, 0.1) is 0 Å². The van der Waals surface area contributed by atoms with Gasteiger partial charge in [0.05, 0.1) is 28.1 Å². The van der Waals surface area contributed by atoms with Crippen molar-refractivity contribution < 1.29 is 9.53 Å². The maximum atomic E-state index is 12.3. The molecule has 3 nitrogen and oxygen atoms in total. The Morgan fingerprint density at radius 2 is 2.38 bits per heavy atom. The van der Waals surface area contributed by atoms with Crippen molar-refractivity contribution in [3.63, 3.8) is 0 Å². The number of nitrogens with zero attached hydrogens (tertiary/aromatic N) is 1. The molecule has 0 radical (unpaired) electrons. The van der Waals surface area contributed by atoms with Gasteiger partial charge in [-0.05, 0) is 35.8 Å². The van der Waals surface area contributed by atoms with E-state index >= 15 is 0 Å². The predicted molar refractivity (Wildman–Crippen MR) is 68.0 cm³/mol. The lowest BCUT2D eigenvalue weighted by Gasteiger charge is -2.42. The fraction of sp³-hybridized carbons (Fsp3) is 0.545. The Labute approximate surface area is 108 Å². The molecule has 1 aliphatic rings. The van der Waals surface area contributed by atoms with Crippen molar-refractivity contribution in [2.75, 3.05) is 19.8 Å². The minimum absolute atomic E-state index is 0.0928. The molecule has 16 heavy (non-hydrogen) atoms. The van der Waals surface area contributed by atoms with E-state index in [9.17, 15) is 4.79 Å². The second-order valence-corrected chi connectivity index (χ2v) is 6.75. The fourth-order valence-corrected chi connectivity index (χ4v) is 2.94. The summed E-state index contributed by atoms with van der Waals surface area (Å²) in [6, 6.07) is 1.87. The number of carbonyl (C=O) groups excluding carboxylic acids is 1. The lowest BCUT2D eigenvalue weighted by molar-refractivity contribution is -0.0370. The van der Waals surface area contributed by atoms with Crippen molar-refractivity contribution in [3.05, 3.63) is 20.8 Å². The van der Waals surface area contributed by atoms with Gasteiger partial charge < -0.3 is 9.64 Å². The van der Waals surface area contributed by atoms with Gasteiger partial charge in [0.2, 0.25) is 0 Å². The van der Waals surface area contributed by atoms with Crippen molar-refractivity contribution >= 4 is 33.2 Å². The van der Waals surface area contributed by atoms with Gasteiger partial charge in [-0.25, -0.2) is 0 Å². The van der Waals surface area contributed by atoms with Gasteiger partial charge in [0, 0.05) is 11.9 Å². The summed E-state index contributed by atoms with van der Waals surface area (Å²) in [5.41, 5.74) is 0.538. The van der Waals surface area contributed by atoms with E-state index in [2.05, 4.69) is 15.9 Å². The van der Waals surface area contributed by atoms with Crippen molar-refractivity contribution in [2.45, 2.75) is 19.4 Å². The molecule has 0 aliphatic carbocycles. The Bertz CT molecular complexity index is 402. The minimum atomic E-state index is -0.219. The largest absolute Gasteiger partial charge is 0.377 e.